The molecule has 0 atom stereocenters. The minimum atomic E-state index is 0. The van der Waals surface area contributed by atoms with Gasteiger partial charge in [0.15, 0.2) is 0 Å². The normalized spacial score (nSPS) is 7.50. The predicted octanol–water partition coefficient (Wildman–Crippen LogP) is 1.82. The van der Waals surface area contributed by atoms with Crippen molar-refractivity contribution >= 4 is 0 Å². The van der Waals surface area contributed by atoms with Crippen molar-refractivity contribution in [2.24, 2.45) is 0 Å². The van der Waals surface area contributed by atoms with E-state index in [1.807, 2.05) is 30.3 Å². The van der Waals surface area contributed by atoms with E-state index in [-0.39, 0.29) is 17.1 Å². The molecule has 1 aromatic rings. The first-order chi connectivity index (χ1) is 4.43. The predicted molar refractivity (Wildman–Crippen MR) is 37.3 cm³/mol. The second kappa shape index (κ2) is 5.11. The van der Waals surface area contributed by atoms with Gasteiger partial charge in [-0.05, 0) is 12.0 Å². The molecule has 54 valence electrons. The summed E-state index contributed by atoms with van der Waals surface area (Å²) in [5.41, 5.74) is 1.15. The Kier molecular flexibility index (Phi) is 4.76. The molecule has 1 heteroatoms. The largest absolute Gasteiger partial charge is 1.00 e. The number of hydrogen-bond acceptors (Lipinski definition) is 0. The molecule has 1 rings (SSSR count). The van der Waals surface area contributed by atoms with Gasteiger partial charge in [-0.15, -0.1) is 0 Å². The Morgan fingerprint density at radius 2 is 1.80 bits per heavy atom. The van der Waals surface area contributed by atoms with Crippen molar-refractivity contribution in [3.8, 4) is 5.92 Å². The zero-order chi connectivity index (χ0) is 6.53. The van der Waals surface area contributed by atoms with Crippen LogP contribution in [0.3, 0.4) is 0 Å². The summed E-state index contributed by atoms with van der Waals surface area (Å²) in [5, 5.41) is 0. The van der Waals surface area contributed by atoms with Crippen LogP contribution >= 0.6 is 0 Å². The molecule has 0 aromatic heterocycles. The maximum absolute atomic E-state index is 6.69. The van der Waals surface area contributed by atoms with E-state index < -0.39 is 0 Å². The second-order valence-electron chi connectivity index (χ2n) is 1.84. The summed E-state index contributed by atoms with van der Waals surface area (Å²) in [6.07, 6.45) is 7.32. The van der Waals surface area contributed by atoms with E-state index >= 15 is 0 Å². The molecule has 0 N–H and O–H groups in total. The van der Waals surface area contributed by atoms with Crippen molar-refractivity contribution < 1.29 is 17.1 Å². The number of rotatable bonds is 1. The third-order valence-corrected chi connectivity index (χ3v) is 1.14. The maximum atomic E-state index is 6.69. The molecular weight excluding hydrogens is 172 g/mol. The van der Waals surface area contributed by atoms with Crippen molar-refractivity contribution in [1.82, 2.24) is 0 Å². The molecule has 0 radical (unpaired) electrons. The van der Waals surface area contributed by atoms with Gasteiger partial charge in [0.1, 0.15) is 0 Å². The van der Waals surface area contributed by atoms with Crippen molar-refractivity contribution in [2.75, 3.05) is 0 Å². The van der Waals surface area contributed by atoms with E-state index in [1.54, 1.807) is 0 Å². The molecule has 0 nitrogen and oxygen atoms in total. The Balaban J connectivity index is 0.000000810. The first kappa shape index (κ1) is 9.30. The summed E-state index contributed by atoms with van der Waals surface area (Å²) in [5.74, 6) is 2.33. The molecule has 0 bridgehead atoms. The second-order valence-corrected chi connectivity index (χ2v) is 1.84. The standard InChI is InChI=1S/C9H7.Cu/c1-2-6-9-7-4-3-5-8-9;/h3-5,7-8H,6H2;/q-1;+1. The molecule has 0 unspecified atom stereocenters. The molecule has 0 aliphatic carbocycles. The SMILES string of the molecule is [C-]#CCc1ccccc1.[Cu+]. The van der Waals surface area contributed by atoms with Crippen LogP contribution in [0.25, 0.3) is 0 Å². The van der Waals surface area contributed by atoms with Gasteiger partial charge in [0.2, 0.25) is 0 Å². The van der Waals surface area contributed by atoms with Gasteiger partial charge in [0.05, 0.1) is 0 Å². The molecule has 10 heavy (non-hydrogen) atoms. The van der Waals surface area contributed by atoms with Crippen molar-refractivity contribution in [3.63, 3.8) is 0 Å². The Morgan fingerprint density at radius 1 is 1.20 bits per heavy atom. The fraction of sp³-hybridized carbons (Fsp3) is 0.111. The summed E-state index contributed by atoms with van der Waals surface area (Å²) in [6, 6.07) is 9.87. The smallest absolute Gasteiger partial charge is 0.693 e. The average molecular weight is 179 g/mol. The van der Waals surface area contributed by atoms with E-state index in [0.717, 1.165) is 5.56 Å². The number of hydrogen-bond donors (Lipinski definition) is 0. The van der Waals surface area contributed by atoms with Crippen LogP contribution in [-0.4, -0.2) is 0 Å². The van der Waals surface area contributed by atoms with Crippen molar-refractivity contribution in [1.29, 1.82) is 0 Å². The molecule has 0 amide bonds. The molecule has 0 saturated carbocycles. The minimum absolute atomic E-state index is 0. The number of benzene rings is 1. The molecular formula is C9H7Cu. The van der Waals surface area contributed by atoms with Crippen LogP contribution in [0.15, 0.2) is 30.3 Å². The fourth-order valence-electron chi connectivity index (χ4n) is 0.698. The molecule has 0 spiro atoms. The molecule has 0 aliphatic rings. The topological polar surface area (TPSA) is 0 Å². The van der Waals surface area contributed by atoms with Gasteiger partial charge in [-0.25, -0.2) is 0 Å². The average Bonchev–Trinajstić information content (AvgIpc) is 1.91. The van der Waals surface area contributed by atoms with Crippen molar-refractivity contribution in [3.05, 3.63) is 42.3 Å². The van der Waals surface area contributed by atoms with Gasteiger partial charge in [-0.3, -0.25) is 0 Å². The Morgan fingerprint density at radius 3 is 2.30 bits per heavy atom. The van der Waals surface area contributed by atoms with Crippen LogP contribution in [0.5, 0.6) is 0 Å². The minimum Gasteiger partial charge on any atom is -0.693 e. The first-order valence-electron chi connectivity index (χ1n) is 2.87. The van der Waals surface area contributed by atoms with Gasteiger partial charge in [0.25, 0.3) is 0 Å². The summed E-state index contributed by atoms with van der Waals surface area (Å²) < 4.78 is 0. The zero-order valence-electron chi connectivity index (χ0n) is 5.40. The van der Waals surface area contributed by atoms with Gasteiger partial charge in [0, 0.05) is 0 Å². The van der Waals surface area contributed by atoms with E-state index in [1.165, 1.54) is 0 Å². The Hall–Kier alpha value is -0.701. The summed E-state index contributed by atoms with van der Waals surface area (Å²) in [7, 11) is 0. The van der Waals surface area contributed by atoms with Crippen molar-refractivity contribution in [2.45, 2.75) is 6.42 Å². The monoisotopic (exact) mass is 178 g/mol. The summed E-state index contributed by atoms with van der Waals surface area (Å²) in [6.45, 7) is 0. The van der Waals surface area contributed by atoms with Gasteiger partial charge >= 0.3 is 17.1 Å². The van der Waals surface area contributed by atoms with Gasteiger partial charge in [-0.2, -0.15) is 0 Å². The van der Waals surface area contributed by atoms with E-state index in [0.29, 0.717) is 6.42 Å². The van der Waals surface area contributed by atoms with Crippen LogP contribution in [0.2, 0.25) is 0 Å². The van der Waals surface area contributed by atoms with Gasteiger partial charge < -0.3 is 12.3 Å². The van der Waals surface area contributed by atoms with Crippen LogP contribution in [-0.2, 0) is 23.5 Å². The van der Waals surface area contributed by atoms with Crippen LogP contribution in [0.4, 0.5) is 0 Å². The van der Waals surface area contributed by atoms with Crippen LogP contribution in [0.1, 0.15) is 5.56 Å². The quantitative estimate of drug-likeness (QED) is 0.350. The molecule has 0 fully saturated rings. The van der Waals surface area contributed by atoms with Crippen LogP contribution in [0, 0.1) is 12.3 Å². The zero-order valence-corrected chi connectivity index (χ0v) is 6.34. The van der Waals surface area contributed by atoms with E-state index in [9.17, 15) is 0 Å². The molecule has 1 aromatic carbocycles. The van der Waals surface area contributed by atoms with E-state index in [2.05, 4.69) is 5.92 Å². The third kappa shape index (κ3) is 2.73. The molecule has 0 heterocycles. The Labute approximate surface area is 72.1 Å². The summed E-state index contributed by atoms with van der Waals surface area (Å²) in [4.78, 5) is 0. The Bertz CT molecular complexity index is 208. The summed E-state index contributed by atoms with van der Waals surface area (Å²) >= 11 is 0. The third-order valence-electron chi connectivity index (χ3n) is 1.14. The van der Waals surface area contributed by atoms with Crippen LogP contribution < -0.4 is 0 Å². The first-order valence-corrected chi connectivity index (χ1v) is 2.87. The van der Waals surface area contributed by atoms with E-state index in [4.69, 9.17) is 6.42 Å². The molecule has 0 aliphatic heterocycles. The molecule has 0 saturated heterocycles. The maximum Gasteiger partial charge on any atom is 1.00 e. The van der Waals surface area contributed by atoms with Gasteiger partial charge in [-0.1, -0.05) is 30.3 Å². The fourth-order valence-corrected chi connectivity index (χ4v) is 0.698.